The lowest BCUT2D eigenvalue weighted by atomic mass is 9.87. The molecule has 0 bridgehead atoms. The number of hydrogen-bond donors (Lipinski definition) is 2. The zero-order chi connectivity index (χ0) is 21.6. The van der Waals surface area contributed by atoms with Crippen LogP contribution >= 0.6 is 23.2 Å². The van der Waals surface area contributed by atoms with Crippen LogP contribution in [0.1, 0.15) is 32.8 Å². The highest BCUT2D eigenvalue weighted by molar-refractivity contribution is 6.45. The van der Waals surface area contributed by atoms with Gasteiger partial charge < -0.3 is 19.7 Å². The molecule has 2 N–H and O–H groups in total. The van der Waals surface area contributed by atoms with Gasteiger partial charge in [0.25, 0.3) is 5.91 Å². The van der Waals surface area contributed by atoms with Crippen molar-refractivity contribution < 1.29 is 23.8 Å². The van der Waals surface area contributed by atoms with Crippen LogP contribution in [0.15, 0.2) is 36.4 Å². The lowest BCUT2D eigenvalue weighted by molar-refractivity contribution is 0.0695. The average molecular weight is 451 g/mol. The summed E-state index contributed by atoms with van der Waals surface area (Å²) >= 11 is 12.4. The first-order valence-corrected chi connectivity index (χ1v) is 9.86. The minimum atomic E-state index is -1.23. The van der Waals surface area contributed by atoms with Gasteiger partial charge in [-0.05, 0) is 30.3 Å². The third-order valence-electron chi connectivity index (χ3n) is 5.45. The summed E-state index contributed by atoms with van der Waals surface area (Å²) < 4.78 is 21.9. The molecule has 2 heterocycles. The molecular weight excluding hydrogens is 434 g/mol. The molecule has 0 radical (unpaired) electrons. The highest BCUT2D eigenvalue weighted by Crippen LogP contribution is 2.35. The fourth-order valence-electron chi connectivity index (χ4n) is 3.83. The van der Waals surface area contributed by atoms with E-state index in [1.807, 2.05) is 0 Å². The highest BCUT2D eigenvalue weighted by atomic mass is 35.5. The van der Waals surface area contributed by atoms with Gasteiger partial charge in [-0.25, -0.2) is 9.18 Å². The molecule has 1 unspecified atom stereocenters. The van der Waals surface area contributed by atoms with Gasteiger partial charge in [0.2, 0.25) is 0 Å². The van der Waals surface area contributed by atoms with Crippen LogP contribution in [-0.2, 0) is 17.3 Å². The molecule has 1 fully saturated rings. The minimum Gasteiger partial charge on any atom is -0.478 e. The van der Waals surface area contributed by atoms with Gasteiger partial charge in [-0.15, -0.1) is 0 Å². The molecule has 156 valence electrons. The first kappa shape index (κ1) is 20.7. The van der Waals surface area contributed by atoms with Crippen molar-refractivity contribution >= 4 is 46.0 Å². The van der Waals surface area contributed by atoms with E-state index in [2.05, 4.69) is 5.32 Å². The Kier molecular flexibility index (Phi) is 5.22. The van der Waals surface area contributed by atoms with Gasteiger partial charge in [0.1, 0.15) is 11.5 Å². The molecule has 1 aliphatic rings. The Hall–Kier alpha value is -2.61. The minimum absolute atomic E-state index is 0.0681. The van der Waals surface area contributed by atoms with Crippen molar-refractivity contribution in [3.8, 4) is 0 Å². The summed E-state index contributed by atoms with van der Waals surface area (Å²) in [4.78, 5) is 24.3. The number of nitrogens with zero attached hydrogens (tertiary/aromatic N) is 1. The largest absolute Gasteiger partial charge is 0.478 e. The molecule has 1 atom stereocenters. The molecule has 0 spiro atoms. The molecule has 1 saturated heterocycles. The van der Waals surface area contributed by atoms with Crippen LogP contribution in [0.3, 0.4) is 0 Å². The Bertz CT molecular complexity index is 1190. The summed E-state index contributed by atoms with van der Waals surface area (Å²) in [6.45, 7) is 0.398. The number of rotatable bonds is 4. The van der Waals surface area contributed by atoms with Gasteiger partial charge in [-0.3, -0.25) is 4.79 Å². The van der Waals surface area contributed by atoms with Crippen molar-refractivity contribution in [2.24, 2.45) is 7.05 Å². The molecule has 9 heteroatoms. The van der Waals surface area contributed by atoms with Gasteiger partial charge in [0.05, 0.1) is 27.8 Å². The van der Waals surface area contributed by atoms with E-state index in [4.69, 9.17) is 33.0 Å². The SMILES string of the molecule is Cn1c(C(=O)NC2(c3ccc(C(=O)O)cc3F)CCOC2)cc2c(Cl)c(Cl)ccc21. The van der Waals surface area contributed by atoms with E-state index < -0.39 is 23.2 Å². The number of ether oxygens (including phenoxy) is 1. The lowest BCUT2D eigenvalue weighted by Gasteiger charge is -2.30. The monoisotopic (exact) mass is 450 g/mol. The summed E-state index contributed by atoms with van der Waals surface area (Å²) in [5, 5.41) is 13.3. The number of aryl methyl sites for hydroxylation is 1. The van der Waals surface area contributed by atoms with Crippen molar-refractivity contribution in [3.63, 3.8) is 0 Å². The predicted octanol–water partition coefficient (Wildman–Crippen LogP) is 4.37. The maximum Gasteiger partial charge on any atom is 0.335 e. The van der Waals surface area contributed by atoms with Crippen molar-refractivity contribution in [1.82, 2.24) is 9.88 Å². The van der Waals surface area contributed by atoms with Crippen molar-refractivity contribution in [1.29, 1.82) is 0 Å². The van der Waals surface area contributed by atoms with Gasteiger partial charge in [0.15, 0.2) is 0 Å². The Balaban J connectivity index is 1.73. The number of carboxylic acid groups (broad SMARTS) is 1. The van der Waals surface area contributed by atoms with Crippen molar-refractivity contribution in [3.05, 3.63) is 69.1 Å². The van der Waals surface area contributed by atoms with Crippen LogP contribution in [0.25, 0.3) is 10.9 Å². The Morgan fingerprint density at radius 2 is 2.00 bits per heavy atom. The molecule has 0 saturated carbocycles. The van der Waals surface area contributed by atoms with Crippen LogP contribution in [0, 0.1) is 5.82 Å². The second kappa shape index (κ2) is 7.58. The maximum atomic E-state index is 14.8. The number of amides is 1. The van der Waals surface area contributed by atoms with Gasteiger partial charge in [-0.1, -0.05) is 29.3 Å². The molecule has 3 aromatic rings. The quantitative estimate of drug-likeness (QED) is 0.618. The van der Waals surface area contributed by atoms with Gasteiger partial charge in [0, 0.05) is 36.5 Å². The standard InChI is InChI=1S/C21H17Cl2FN2O4/c1-26-16-5-4-14(22)18(23)12(16)9-17(26)19(27)25-21(6-7-30-10-21)13-3-2-11(20(28)29)8-15(13)24/h2-5,8-9H,6-7,10H2,1H3,(H,25,27)(H,28,29). The molecule has 1 aromatic heterocycles. The summed E-state index contributed by atoms with van der Waals surface area (Å²) in [6.07, 6.45) is 0.346. The van der Waals surface area contributed by atoms with E-state index in [1.165, 1.54) is 12.1 Å². The van der Waals surface area contributed by atoms with Crippen LogP contribution in [0.2, 0.25) is 10.0 Å². The fourth-order valence-corrected chi connectivity index (χ4v) is 4.21. The summed E-state index contributed by atoms with van der Waals surface area (Å²) in [5.41, 5.74) is -0.0582. The first-order valence-electron chi connectivity index (χ1n) is 9.10. The number of halogens is 3. The number of aromatic nitrogens is 1. The van der Waals surface area contributed by atoms with Crippen LogP contribution in [-0.4, -0.2) is 34.8 Å². The van der Waals surface area contributed by atoms with Crippen LogP contribution in [0.4, 0.5) is 4.39 Å². The summed E-state index contributed by atoms with van der Waals surface area (Å²) in [7, 11) is 1.72. The van der Waals surface area contributed by atoms with E-state index in [-0.39, 0.29) is 17.7 Å². The second-order valence-corrected chi connectivity index (χ2v) is 8.01. The number of carboxylic acids is 1. The van der Waals surface area contributed by atoms with Crippen LogP contribution in [0.5, 0.6) is 0 Å². The zero-order valence-electron chi connectivity index (χ0n) is 15.8. The lowest BCUT2D eigenvalue weighted by Crippen LogP contribution is -2.47. The van der Waals surface area contributed by atoms with Gasteiger partial charge in [-0.2, -0.15) is 0 Å². The molecular formula is C21H17Cl2FN2O4. The molecule has 6 nitrogen and oxygen atoms in total. The van der Waals surface area contributed by atoms with Crippen molar-refractivity contribution in [2.75, 3.05) is 13.2 Å². The number of benzene rings is 2. The van der Waals surface area contributed by atoms with E-state index in [0.717, 1.165) is 11.6 Å². The molecule has 4 rings (SSSR count). The number of carbonyl (C=O) groups is 2. The zero-order valence-corrected chi connectivity index (χ0v) is 17.4. The van der Waals surface area contributed by atoms with Crippen molar-refractivity contribution in [2.45, 2.75) is 12.0 Å². The number of fused-ring (bicyclic) bond motifs is 1. The van der Waals surface area contributed by atoms with Gasteiger partial charge >= 0.3 is 5.97 Å². The van der Waals surface area contributed by atoms with E-state index in [0.29, 0.717) is 34.2 Å². The number of carbonyl (C=O) groups excluding carboxylic acids is 1. The topological polar surface area (TPSA) is 80.6 Å². The highest BCUT2D eigenvalue weighted by Gasteiger charge is 2.41. The molecule has 30 heavy (non-hydrogen) atoms. The number of hydrogen-bond acceptors (Lipinski definition) is 3. The van der Waals surface area contributed by atoms with E-state index in [9.17, 15) is 14.0 Å². The Labute approximate surface area is 181 Å². The normalized spacial score (nSPS) is 18.7. The first-order chi connectivity index (χ1) is 14.2. The molecule has 2 aromatic carbocycles. The number of aromatic carboxylic acids is 1. The maximum absolute atomic E-state index is 14.8. The predicted molar refractivity (Wildman–Crippen MR) is 111 cm³/mol. The smallest absolute Gasteiger partial charge is 0.335 e. The summed E-state index contributed by atoms with van der Waals surface area (Å²) in [5.74, 6) is -2.38. The van der Waals surface area contributed by atoms with E-state index in [1.54, 1.807) is 29.8 Å². The third-order valence-corrected chi connectivity index (χ3v) is 6.27. The average Bonchev–Trinajstić information content (AvgIpc) is 3.30. The number of nitrogens with one attached hydrogen (secondary N) is 1. The Morgan fingerprint density at radius 1 is 1.23 bits per heavy atom. The molecule has 1 aliphatic heterocycles. The summed E-state index contributed by atoms with van der Waals surface area (Å²) in [6, 6.07) is 8.69. The Morgan fingerprint density at radius 3 is 2.63 bits per heavy atom. The fraction of sp³-hybridized carbons (Fsp3) is 0.238. The van der Waals surface area contributed by atoms with Crippen LogP contribution < -0.4 is 5.32 Å². The third kappa shape index (κ3) is 3.33. The molecule has 1 amide bonds. The molecule has 0 aliphatic carbocycles. The second-order valence-electron chi connectivity index (χ2n) is 7.22. The van der Waals surface area contributed by atoms with E-state index >= 15 is 0 Å².